The van der Waals surface area contributed by atoms with Gasteiger partial charge in [0.1, 0.15) is 42.6 Å². The van der Waals surface area contributed by atoms with Crippen LogP contribution < -0.4 is 31.3 Å². The Morgan fingerprint density at radius 2 is 1.74 bits per heavy atom. The van der Waals surface area contributed by atoms with Crippen molar-refractivity contribution in [3.8, 4) is 5.75 Å². The van der Waals surface area contributed by atoms with Crippen LogP contribution in [0, 0.1) is 5.92 Å². The summed E-state index contributed by atoms with van der Waals surface area (Å²) >= 11 is 0. The molecule has 1 aromatic carbocycles. The lowest BCUT2D eigenvalue weighted by Gasteiger charge is -2.30. The van der Waals surface area contributed by atoms with E-state index >= 15 is 0 Å². The van der Waals surface area contributed by atoms with Gasteiger partial charge < -0.3 is 36.2 Å². The second kappa shape index (κ2) is 14.3. The van der Waals surface area contributed by atoms with E-state index in [0.29, 0.717) is 38.0 Å². The van der Waals surface area contributed by atoms with Crippen LogP contribution in [0.1, 0.15) is 58.4 Å². The molecule has 13 heteroatoms. The second-order valence-corrected chi connectivity index (χ2v) is 11.8. The summed E-state index contributed by atoms with van der Waals surface area (Å²) in [4.78, 5) is 79.4. The summed E-state index contributed by atoms with van der Waals surface area (Å²) < 4.78 is 5.77. The highest BCUT2D eigenvalue weighted by Gasteiger charge is 2.38. The molecular weight excluding hydrogens is 556 g/mol. The fraction of sp³-hybridized carbons (Fsp3) is 0.600. The van der Waals surface area contributed by atoms with Crippen molar-refractivity contribution in [1.82, 2.24) is 31.5 Å². The van der Waals surface area contributed by atoms with Crippen LogP contribution >= 0.6 is 0 Å². The van der Waals surface area contributed by atoms with Crippen molar-refractivity contribution in [3.05, 3.63) is 29.8 Å². The predicted molar refractivity (Wildman–Crippen MR) is 155 cm³/mol. The Hall–Kier alpha value is -4.16. The molecule has 13 nitrogen and oxygen atoms in total. The molecule has 4 aliphatic rings. The summed E-state index contributed by atoms with van der Waals surface area (Å²) in [6, 6.07) is 2.66. The first-order valence-electron chi connectivity index (χ1n) is 15.0. The van der Waals surface area contributed by atoms with Crippen LogP contribution in [0.3, 0.4) is 0 Å². The second-order valence-electron chi connectivity index (χ2n) is 11.8. The zero-order valence-electron chi connectivity index (χ0n) is 24.9. The Kier molecular flexibility index (Phi) is 10.6. The van der Waals surface area contributed by atoms with Gasteiger partial charge in [-0.1, -0.05) is 26.0 Å². The van der Waals surface area contributed by atoms with Gasteiger partial charge in [-0.15, -0.1) is 0 Å². The molecule has 1 aromatic rings. The Balaban J connectivity index is 1.57. The zero-order chi connectivity index (χ0) is 31.1. The summed E-state index contributed by atoms with van der Waals surface area (Å²) in [5.74, 6) is -1.83. The van der Waals surface area contributed by atoms with E-state index in [1.165, 1.54) is 11.8 Å². The first-order chi connectivity index (χ1) is 20.5. The van der Waals surface area contributed by atoms with Gasteiger partial charge >= 0.3 is 0 Å². The van der Waals surface area contributed by atoms with Crippen LogP contribution in [0.15, 0.2) is 24.3 Å². The molecule has 4 heterocycles. The van der Waals surface area contributed by atoms with Crippen LogP contribution in [0.2, 0.25) is 0 Å². The molecule has 0 saturated carbocycles. The molecule has 0 radical (unpaired) electrons. The Bertz CT molecular complexity index is 1220. The number of fused-ring (bicyclic) bond motifs is 14. The predicted octanol–water partition coefficient (Wildman–Crippen LogP) is -0.472. The van der Waals surface area contributed by atoms with Crippen molar-refractivity contribution in [1.29, 1.82) is 0 Å². The van der Waals surface area contributed by atoms with Crippen molar-refractivity contribution in [2.24, 2.45) is 5.92 Å². The van der Waals surface area contributed by atoms with E-state index in [2.05, 4.69) is 26.6 Å². The van der Waals surface area contributed by atoms with Crippen molar-refractivity contribution in [2.45, 2.75) is 89.5 Å². The lowest BCUT2D eigenvalue weighted by atomic mass is 10.0. The van der Waals surface area contributed by atoms with Crippen molar-refractivity contribution < 1.29 is 33.5 Å². The summed E-state index contributed by atoms with van der Waals surface area (Å²) in [5.41, 5.74) is 0.729. The highest BCUT2D eigenvalue weighted by atomic mass is 16.5. The largest absolute Gasteiger partial charge is 0.492 e. The van der Waals surface area contributed by atoms with E-state index < -0.39 is 47.9 Å². The van der Waals surface area contributed by atoms with Crippen molar-refractivity contribution >= 4 is 35.4 Å². The van der Waals surface area contributed by atoms with E-state index in [1.807, 2.05) is 13.8 Å². The van der Waals surface area contributed by atoms with Gasteiger partial charge in [0.25, 0.3) is 0 Å². The normalized spacial score (nSPS) is 27.5. The highest BCUT2D eigenvalue weighted by molar-refractivity contribution is 5.97. The molecular formula is C30H42N6O7. The standard InChI is InChI=1S/C30H42N6O7/c1-17(2)15-23-30(42)36-13-4-5-24(36)29(41)31-12-14-43-20-8-6-19(7-9-20)16-22(28(40)32-18(3)26(38)35-23)34-27(39)21-10-11-25(37)33-21/h6-9,17-18,21-24H,4-5,10-16H2,1-3H3,(H,31,41)(H,32,40)(H,33,37)(H,34,39)(H,35,38)/t18-,21+,22+,23+,24-/m1/s1. The first-order valence-corrected chi connectivity index (χ1v) is 15.0. The van der Waals surface area contributed by atoms with Gasteiger partial charge in [-0.3, -0.25) is 28.8 Å². The molecule has 43 heavy (non-hydrogen) atoms. The van der Waals surface area contributed by atoms with Gasteiger partial charge in [0.05, 0.1) is 6.54 Å². The van der Waals surface area contributed by atoms with E-state index in [9.17, 15) is 28.8 Å². The summed E-state index contributed by atoms with van der Waals surface area (Å²) in [6.45, 7) is 6.23. The fourth-order valence-corrected chi connectivity index (χ4v) is 5.58. The van der Waals surface area contributed by atoms with Gasteiger partial charge in [0, 0.05) is 19.4 Å². The number of carbonyl (C=O) groups is 6. The molecule has 234 valence electrons. The van der Waals surface area contributed by atoms with Gasteiger partial charge in [-0.25, -0.2) is 0 Å². The smallest absolute Gasteiger partial charge is 0.245 e. The molecule has 0 unspecified atom stereocenters. The fourth-order valence-electron chi connectivity index (χ4n) is 5.58. The van der Waals surface area contributed by atoms with Crippen LogP contribution in [0.5, 0.6) is 5.75 Å². The van der Waals surface area contributed by atoms with Crippen LogP contribution in [0.25, 0.3) is 0 Å². The molecule has 0 spiro atoms. The number of ether oxygens (including phenoxy) is 1. The molecule has 2 fully saturated rings. The average molecular weight is 599 g/mol. The quantitative estimate of drug-likeness (QED) is 0.311. The lowest BCUT2D eigenvalue weighted by Crippen LogP contribution is -2.58. The Morgan fingerprint density at radius 3 is 2.42 bits per heavy atom. The third-order valence-corrected chi connectivity index (χ3v) is 7.89. The molecule has 2 bridgehead atoms. The van der Waals surface area contributed by atoms with Crippen molar-refractivity contribution in [3.63, 3.8) is 0 Å². The monoisotopic (exact) mass is 598 g/mol. The van der Waals surface area contributed by atoms with Crippen LogP contribution in [-0.2, 0) is 35.2 Å². The summed E-state index contributed by atoms with van der Waals surface area (Å²) in [5, 5.41) is 13.6. The number of hydrogen-bond acceptors (Lipinski definition) is 7. The number of hydrogen-bond donors (Lipinski definition) is 5. The van der Waals surface area contributed by atoms with E-state index in [-0.39, 0.29) is 49.6 Å². The summed E-state index contributed by atoms with van der Waals surface area (Å²) in [6.07, 6.45) is 2.21. The van der Waals surface area contributed by atoms with Crippen LogP contribution in [0.4, 0.5) is 0 Å². The maximum Gasteiger partial charge on any atom is 0.245 e. The molecule has 5 atom stereocenters. The molecule has 0 aromatic heterocycles. The number of amides is 6. The third kappa shape index (κ3) is 8.45. The first kappa shape index (κ1) is 31.8. The highest BCUT2D eigenvalue weighted by Crippen LogP contribution is 2.21. The van der Waals surface area contributed by atoms with Gasteiger partial charge in [0.2, 0.25) is 35.4 Å². The minimum atomic E-state index is -1.04. The number of nitrogens with zero attached hydrogens (tertiary/aromatic N) is 1. The minimum Gasteiger partial charge on any atom is -0.492 e. The van der Waals surface area contributed by atoms with E-state index in [4.69, 9.17) is 4.74 Å². The SMILES string of the molecule is CC(C)C[C@@H]1NC(=O)[C@@H](C)NC(=O)[C@@H](NC(=O)[C@@H]2CCC(=O)N2)Cc2ccc(cc2)OCCNC(=O)[C@H]2CCCN2C1=O. The number of rotatable bonds is 4. The van der Waals surface area contributed by atoms with E-state index in [1.54, 1.807) is 24.3 Å². The average Bonchev–Trinajstić information content (AvgIpc) is 3.63. The minimum absolute atomic E-state index is 0.0680. The van der Waals surface area contributed by atoms with Gasteiger partial charge in [-0.05, 0) is 56.2 Å². The molecule has 4 aliphatic heterocycles. The number of benzene rings is 1. The third-order valence-electron chi connectivity index (χ3n) is 7.89. The summed E-state index contributed by atoms with van der Waals surface area (Å²) in [7, 11) is 0. The molecule has 5 N–H and O–H groups in total. The maximum atomic E-state index is 13.6. The Labute approximate surface area is 251 Å². The van der Waals surface area contributed by atoms with Crippen LogP contribution in [-0.4, -0.2) is 90.2 Å². The zero-order valence-corrected chi connectivity index (χ0v) is 24.9. The number of carbonyl (C=O) groups excluding carboxylic acids is 6. The lowest BCUT2D eigenvalue weighted by molar-refractivity contribution is -0.142. The Morgan fingerprint density at radius 1 is 1.00 bits per heavy atom. The maximum absolute atomic E-state index is 13.6. The molecule has 2 saturated heterocycles. The van der Waals surface area contributed by atoms with Crippen molar-refractivity contribution in [2.75, 3.05) is 19.7 Å². The molecule has 0 aliphatic carbocycles. The molecule has 5 rings (SSSR count). The topological polar surface area (TPSA) is 175 Å². The number of nitrogens with one attached hydrogen (secondary N) is 5. The van der Waals surface area contributed by atoms with Gasteiger partial charge in [0.15, 0.2) is 0 Å². The molecule has 6 amide bonds. The van der Waals surface area contributed by atoms with Gasteiger partial charge in [-0.2, -0.15) is 0 Å². The van der Waals surface area contributed by atoms with E-state index in [0.717, 1.165) is 5.56 Å².